The Labute approximate surface area is 124 Å². The molecule has 1 fully saturated rings. The molecule has 3 nitrogen and oxygen atoms in total. The van der Waals surface area contributed by atoms with E-state index in [-0.39, 0.29) is 0 Å². The highest BCUT2D eigenvalue weighted by molar-refractivity contribution is 8.00. The Hall–Kier alpha value is -1.26. The van der Waals surface area contributed by atoms with Crippen molar-refractivity contribution >= 4 is 11.8 Å². The number of hydrogen-bond donors (Lipinski definition) is 1. The fourth-order valence-electron chi connectivity index (χ4n) is 2.38. The quantitative estimate of drug-likeness (QED) is 0.849. The highest BCUT2D eigenvalue weighted by Crippen LogP contribution is 2.46. The lowest BCUT2D eigenvalue weighted by molar-refractivity contribution is 0.659. The summed E-state index contributed by atoms with van der Waals surface area (Å²) in [7, 11) is 0. The Morgan fingerprint density at radius 3 is 2.75 bits per heavy atom. The zero-order valence-corrected chi connectivity index (χ0v) is 12.7. The Kier molecular flexibility index (Phi) is 4.13. The minimum absolute atomic E-state index is 0.528. The van der Waals surface area contributed by atoms with Crippen molar-refractivity contribution in [2.45, 2.75) is 30.7 Å². The molecule has 0 bridgehead atoms. The summed E-state index contributed by atoms with van der Waals surface area (Å²) in [6.07, 6.45) is 9.03. The van der Waals surface area contributed by atoms with E-state index >= 15 is 0 Å². The first-order chi connectivity index (χ1) is 9.80. The van der Waals surface area contributed by atoms with E-state index in [0.29, 0.717) is 4.75 Å². The first-order valence-corrected chi connectivity index (χ1v) is 8.33. The molecule has 0 spiro atoms. The van der Waals surface area contributed by atoms with Crippen LogP contribution in [0.4, 0.5) is 0 Å². The minimum Gasteiger partial charge on any atom is -0.311 e. The van der Waals surface area contributed by atoms with Gasteiger partial charge in [-0.25, -0.2) is 0 Å². The molecule has 1 aliphatic carbocycles. The molecule has 0 radical (unpaired) electrons. The fraction of sp³-hybridized carbons (Fsp3) is 0.438. The molecule has 0 saturated heterocycles. The maximum Gasteiger partial charge on any atom is 0.0659 e. The van der Waals surface area contributed by atoms with Crippen molar-refractivity contribution in [3.05, 3.63) is 53.9 Å². The predicted octanol–water partition coefficient (Wildman–Crippen LogP) is 2.92. The number of benzene rings is 1. The van der Waals surface area contributed by atoms with Gasteiger partial charge < -0.3 is 5.32 Å². The third-order valence-electron chi connectivity index (χ3n) is 3.89. The van der Waals surface area contributed by atoms with E-state index in [1.54, 1.807) is 0 Å². The average Bonchev–Trinajstić information content (AvgIpc) is 3.13. The number of nitrogens with zero attached hydrogens (tertiary/aromatic N) is 2. The highest BCUT2D eigenvalue weighted by atomic mass is 32.2. The third-order valence-corrected chi connectivity index (χ3v) is 5.31. The Morgan fingerprint density at radius 2 is 2.05 bits per heavy atom. The van der Waals surface area contributed by atoms with Gasteiger partial charge in [0.2, 0.25) is 0 Å². The van der Waals surface area contributed by atoms with Gasteiger partial charge in [-0.1, -0.05) is 30.3 Å². The molecule has 0 aliphatic heterocycles. The molecule has 1 heterocycles. The minimum atomic E-state index is 0.528. The van der Waals surface area contributed by atoms with E-state index in [1.807, 2.05) is 28.7 Å². The van der Waals surface area contributed by atoms with Gasteiger partial charge in [-0.15, -0.1) is 0 Å². The van der Waals surface area contributed by atoms with E-state index in [4.69, 9.17) is 0 Å². The van der Waals surface area contributed by atoms with E-state index in [1.165, 1.54) is 24.0 Å². The normalized spacial score (nSPS) is 16.2. The molecule has 20 heavy (non-hydrogen) atoms. The summed E-state index contributed by atoms with van der Waals surface area (Å²) < 4.78 is 2.54. The lowest BCUT2D eigenvalue weighted by Gasteiger charge is -2.12. The Morgan fingerprint density at radius 1 is 1.25 bits per heavy atom. The number of thioether (sulfide) groups is 1. The number of aromatic nitrogens is 2. The summed E-state index contributed by atoms with van der Waals surface area (Å²) in [4.78, 5) is 0. The summed E-state index contributed by atoms with van der Waals surface area (Å²) in [5.74, 6) is 0. The molecule has 2 aromatic rings. The molecule has 1 aromatic heterocycles. The predicted molar refractivity (Wildman–Crippen MR) is 85.0 cm³/mol. The maximum atomic E-state index is 4.43. The van der Waals surface area contributed by atoms with Crippen molar-refractivity contribution < 1.29 is 0 Å². The zero-order chi connectivity index (χ0) is 13.8. The first-order valence-electron chi connectivity index (χ1n) is 7.11. The van der Waals surface area contributed by atoms with Gasteiger partial charge in [0, 0.05) is 29.6 Å². The molecule has 1 aliphatic rings. The molecule has 1 N–H and O–H groups in total. The summed E-state index contributed by atoms with van der Waals surface area (Å²) in [6, 6.07) is 10.4. The van der Waals surface area contributed by atoms with Gasteiger partial charge in [0.1, 0.15) is 0 Å². The fourth-order valence-corrected chi connectivity index (χ4v) is 3.14. The highest BCUT2D eigenvalue weighted by Gasteiger charge is 2.41. The molecule has 1 saturated carbocycles. The summed E-state index contributed by atoms with van der Waals surface area (Å²) >= 11 is 2.00. The second kappa shape index (κ2) is 6.02. The molecule has 4 heteroatoms. The molecule has 0 amide bonds. The van der Waals surface area contributed by atoms with E-state index in [2.05, 4.69) is 47.1 Å². The van der Waals surface area contributed by atoms with Crippen molar-refractivity contribution in [3.8, 4) is 0 Å². The molecule has 106 valence electrons. The SMILES string of the molecule is CSC1(CNCc2cnn(Cc3ccccc3)c2)CC1. The van der Waals surface area contributed by atoms with Gasteiger partial charge in [-0.05, 0) is 24.7 Å². The number of hydrogen-bond acceptors (Lipinski definition) is 3. The van der Waals surface area contributed by atoms with Crippen molar-refractivity contribution in [3.63, 3.8) is 0 Å². The summed E-state index contributed by atoms with van der Waals surface area (Å²) in [5, 5.41) is 7.99. The number of nitrogens with one attached hydrogen (secondary N) is 1. The van der Waals surface area contributed by atoms with E-state index < -0.39 is 0 Å². The van der Waals surface area contributed by atoms with Crippen LogP contribution in [0.25, 0.3) is 0 Å². The largest absolute Gasteiger partial charge is 0.311 e. The standard InChI is InChI=1S/C16H21N3S/c1-20-16(7-8-16)13-17-9-15-10-18-19(12-15)11-14-5-3-2-4-6-14/h2-6,10,12,17H,7-9,11,13H2,1H3. The van der Waals surface area contributed by atoms with E-state index in [0.717, 1.165) is 19.6 Å². The van der Waals surface area contributed by atoms with Crippen LogP contribution in [-0.2, 0) is 13.1 Å². The van der Waals surface area contributed by atoms with Gasteiger partial charge in [-0.2, -0.15) is 16.9 Å². The van der Waals surface area contributed by atoms with Crippen LogP contribution in [0.15, 0.2) is 42.7 Å². The summed E-state index contributed by atoms with van der Waals surface area (Å²) in [5.41, 5.74) is 2.55. The van der Waals surface area contributed by atoms with Crippen molar-refractivity contribution in [2.24, 2.45) is 0 Å². The van der Waals surface area contributed by atoms with Crippen molar-refractivity contribution in [1.29, 1.82) is 0 Å². The smallest absolute Gasteiger partial charge is 0.0659 e. The molecule has 3 rings (SSSR count). The van der Waals surface area contributed by atoms with Crippen LogP contribution in [-0.4, -0.2) is 27.3 Å². The maximum absolute atomic E-state index is 4.43. The average molecular weight is 287 g/mol. The zero-order valence-electron chi connectivity index (χ0n) is 11.9. The van der Waals surface area contributed by atoms with Gasteiger partial charge in [-0.3, -0.25) is 4.68 Å². The van der Waals surface area contributed by atoms with Crippen LogP contribution in [0.5, 0.6) is 0 Å². The molecule has 1 aromatic carbocycles. The van der Waals surface area contributed by atoms with Crippen LogP contribution < -0.4 is 5.32 Å². The summed E-state index contributed by atoms with van der Waals surface area (Å²) in [6.45, 7) is 2.87. The van der Waals surface area contributed by atoms with Crippen molar-refractivity contribution in [2.75, 3.05) is 12.8 Å². The van der Waals surface area contributed by atoms with Crippen LogP contribution in [0.1, 0.15) is 24.0 Å². The Balaban J connectivity index is 1.49. The lowest BCUT2D eigenvalue weighted by Crippen LogP contribution is -2.25. The van der Waals surface area contributed by atoms with Crippen LogP contribution in [0.3, 0.4) is 0 Å². The van der Waals surface area contributed by atoms with Gasteiger partial charge in [0.25, 0.3) is 0 Å². The molecular formula is C16H21N3S. The second-order valence-corrected chi connectivity index (χ2v) is 6.80. The van der Waals surface area contributed by atoms with Crippen LogP contribution in [0, 0.1) is 0 Å². The lowest BCUT2D eigenvalue weighted by atomic mass is 10.2. The van der Waals surface area contributed by atoms with Gasteiger partial charge >= 0.3 is 0 Å². The third kappa shape index (κ3) is 3.44. The first kappa shape index (κ1) is 13.7. The van der Waals surface area contributed by atoms with Crippen molar-refractivity contribution in [1.82, 2.24) is 15.1 Å². The van der Waals surface area contributed by atoms with Crippen LogP contribution in [0.2, 0.25) is 0 Å². The van der Waals surface area contributed by atoms with E-state index in [9.17, 15) is 0 Å². The monoisotopic (exact) mass is 287 g/mol. The number of rotatable bonds is 7. The van der Waals surface area contributed by atoms with Gasteiger partial charge in [0.05, 0.1) is 12.7 Å². The molecular weight excluding hydrogens is 266 g/mol. The second-order valence-electron chi connectivity index (χ2n) is 5.52. The molecule has 0 unspecified atom stereocenters. The topological polar surface area (TPSA) is 29.9 Å². The molecule has 0 atom stereocenters. The van der Waals surface area contributed by atoms with Gasteiger partial charge in [0.15, 0.2) is 0 Å². The Bertz CT molecular complexity index is 546. The van der Waals surface area contributed by atoms with Crippen LogP contribution >= 0.6 is 11.8 Å².